The smallest absolute Gasteiger partial charge is 0.113 e. The van der Waals surface area contributed by atoms with Gasteiger partial charge in [-0.2, -0.15) is 0 Å². The predicted octanol–water partition coefficient (Wildman–Crippen LogP) is 2.90. The summed E-state index contributed by atoms with van der Waals surface area (Å²) in [6.07, 6.45) is 5.94. The Morgan fingerprint density at radius 3 is 2.61 bits per heavy atom. The van der Waals surface area contributed by atoms with Crippen molar-refractivity contribution in [3.05, 3.63) is 53.6 Å². The third-order valence-electron chi connectivity index (χ3n) is 3.13. The maximum absolute atomic E-state index is 5.85. The number of hydrogen-bond donors (Lipinski definition) is 1. The topological polar surface area (TPSA) is 43.8 Å². The lowest BCUT2D eigenvalue weighted by atomic mass is 10.1. The van der Waals surface area contributed by atoms with E-state index in [2.05, 4.69) is 46.9 Å². The van der Waals surface area contributed by atoms with Gasteiger partial charge in [0.25, 0.3) is 0 Å². The largest absolute Gasteiger partial charge is 0.335 e. The number of nitrogens with two attached hydrogens (primary N) is 1. The second-order valence-electron chi connectivity index (χ2n) is 4.74. The van der Waals surface area contributed by atoms with Gasteiger partial charge < -0.3 is 10.3 Å². The van der Waals surface area contributed by atoms with Crippen molar-refractivity contribution in [2.75, 3.05) is 0 Å². The van der Waals surface area contributed by atoms with Crippen LogP contribution in [0.4, 0.5) is 0 Å². The fourth-order valence-corrected chi connectivity index (χ4v) is 2.07. The Morgan fingerprint density at radius 1 is 1.28 bits per heavy atom. The number of rotatable bonds is 5. The highest BCUT2D eigenvalue weighted by Gasteiger charge is 2.04. The van der Waals surface area contributed by atoms with E-state index in [0.29, 0.717) is 0 Å². The van der Waals surface area contributed by atoms with Gasteiger partial charge in [0.15, 0.2) is 0 Å². The molecule has 3 heteroatoms. The fourth-order valence-electron chi connectivity index (χ4n) is 2.07. The van der Waals surface area contributed by atoms with Gasteiger partial charge in [-0.1, -0.05) is 31.2 Å². The molecule has 0 saturated carbocycles. The molecular weight excluding hydrogens is 222 g/mol. The van der Waals surface area contributed by atoms with Crippen molar-refractivity contribution in [3.63, 3.8) is 0 Å². The van der Waals surface area contributed by atoms with Gasteiger partial charge in [-0.15, -0.1) is 0 Å². The monoisotopic (exact) mass is 243 g/mol. The number of aromatic nitrogens is 2. The van der Waals surface area contributed by atoms with Crippen molar-refractivity contribution < 1.29 is 0 Å². The molecule has 96 valence electrons. The minimum absolute atomic E-state index is 0.0983. The molecule has 0 radical (unpaired) electrons. The molecule has 18 heavy (non-hydrogen) atoms. The SMILES string of the molecule is CCCn1ccnc1Cc1ccc(C(C)N)cc1. The molecule has 1 aromatic carbocycles. The Hall–Kier alpha value is -1.61. The summed E-state index contributed by atoms with van der Waals surface area (Å²) in [5.41, 5.74) is 8.30. The Labute approximate surface area is 109 Å². The number of nitrogens with zero attached hydrogens (tertiary/aromatic N) is 2. The maximum Gasteiger partial charge on any atom is 0.113 e. The van der Waals surface area contributed by atoms with Crippen LogP contribution in [0.25, 0.3) is 0 Å². The number of hydrogen-bond acceptors (Lipinski definition) is 2. The van der Waals surface area contributed by atoms with E-state index in [1.807, 2.05) is 13.1 Å². The van der Waals surface area contributed by atoms with Crippen LogP contribution in [-0.2, 0) is 13.0 Å². The van der Waals surface area contributed by atoms with E-state index in [9.17, 15) is 0 Å². The summed E-state index contributed by atoms with van der Waals surface area (Å²) in [6, 6.07) is 8.59. The summed E-state index contributed by atoms with van der Waals surface area (Å²) in [7, 11) is 0. The van der Waals surface area contributed by atoms with E-state index in [-0.39, 0.29) is 6.04 Å². The van der Waals surface area contributed by atoms with Gasteiger partial charge in [0.1, 0.15) is 5.82 Å². The molecule has 2 N–H and O–H groups in total. The third-order valence-corrected chi connectivity index (χ3v) is 3.13. The lowest BCUT2D eigenvalue weighted by Crippen LogP contribution is -2.06. The highest BCUT2D eigenvalue weighted by molar-refractivity contribution is 5.26. The highest BCUT2D eigenvalue weighted by Crippen LogP contribution is 2.13. The molecule has 1 aromatic heterocycles. The van der Waals surface area contributed by atoms with E-state index in [0.717, 1.165) is 25.2 Å². The summed E-state index contributed by atoms with van der Waals surface area (Å²) in [6.45, 7) is 5.22. The van der Waals surface area contributed by atoms with Crippen molar-refractivity contribution in [3.8, 4) is 0 Å². The lowest BCUT2D eigenvalue weighted by molar-refractivity contribution is 0.647. The molecule has 0 bridgehead atoms. The second-order valence-corrected chi connectivity index (χ2v) is 4.74. The normalized spacial score (nSPS) is 12.6. The highest BCUT2D eigenvalue weighted by atomic mass is 15.1. The zero-order chi connectivity index (χ0) is 13.0. The first-order valence-corrected chi connectivity index (χ1v) is 6.55. The molecule has 1 unspecified atom stereocenters. The zero-order valence-electron chi connectivity index (χ0n) is 11.1. The van der Waals surface area contributed by atoms with E-state index >= 15 is 0 Å². The van der Waals surface area contributed by atoms with E-state index in [4.69, 9.17) is 5.73 Å². The standard InChI is InChI=1S/C15H21N3/c1-3-9-18-10-8-17-15(18)11-13-4-6-14(7-5-13)12(2)16/h4-8,10,12H,3,9,11,16H2,1-2H3. The van der Waals surface area contributed by atoms with E-state index in [1.165, 1.54) is 11.1 Å². The van der Waals surface area contributed by atoms with Crippen LogP contribution in [-0.4, -0.2) is 9.55 Å². The molecule has 2 aromatic rings. The van der Waals surface area contributed by atoms with Gasteiger partial charge in [-0.05, 0) is 24.5 Å². The number of aryl methyl sites for hydroxylation is 1. The van der Waals surface area contributed by atoms with Crippen LogP contribution in [0.5, 0.6) is 0 Å². The van der Waals surface area contributed by atoms with Crippen LogP contribution in [0.1, 0.15) is 43.3 Å². The third kappa shape index (κ3) is 2.99. The summed E-state index contributed by atoms with van der Waals surface area (Å²) in [5.74, 6) is 1.13. The summed E-state index contributed by atoms with van der Waals surface area (Å²) in [5, 5.41) is 0. The molecule has 0 aliphatic rings. The van der Waals surface area contributed by atoms with Crippen LogP contribution < -0.4 is 5.73 Å². The van der Waals surface area contributed by atoms with E-state index in [1.54, 1.807) is 0 Å². The molecule has 0 aliphatic heterocycles. The first kappa shape index (κ1) is 12.8. The van der Waals surface area contributed by atoms with Gasteiger partial charge in [0.2, 0.25) is 0 Å². The molecule has 3 nitrogen and oxygen atoms in total. The minimum atomic E-state index is 0.0983. The van der Waals surface area contributed by atoms with Crippen LogP contribution in [0.15, 0.2) is 36.7 Å². The van der Waals surface area contributed by atoms with Gasteiger partial charge in [0, 0.05) is 31.4 Å². The van der Waals surface area contributed by atoms with Gasteiger partial charge in [-0.25, -0.2) is 4.98 Å². The molecule has 0 fully saturated rings. The van der Waals surface area contributed by atoms with E-state index < -0.39 is 0 Å². The summed E-state index contributed by atoms with van der Waals surface area (Å²) >= 11 is 0. The van der Waals surface area contributed by atoms with Gasteiger partial charge in [-0.3, -0.25) is 0 Å². The predicted molar refractivity (Wildman–Crippen MR) is 74.4 cm³/mol. The Balaban J connectivity index is 2.11. The van der Waals surface area contributed by atoms with Crippen molar-refractivity contribution in [2.45, 2.75) is 39.3 Å². The Bertz CT molecular complexity index is 483. The van der Waals surface area contributed by atoms with Crippen molar-refractivity contribution in [2.24, 2.45) is 5.73 Å². The van der Waals surface area contributed by atoms with Crippen LogP contribution in [0.3, 0.4) is 0 Å². The molecule has 0 aliphatic carbocycles. The molecule has 2 rings (SSSR count). The van der Waals surface area contributed by atoms with Crippen LogP contribution in [0.2, 0.25) is 0 Å². The molecular formula is C15H21N3. The first-order chi connectivity index (χ1) is 8.70. The van der Waals surface area contributed by atoms with Crippen molar-refractivity contribution >= 4 is 0 Å². The second kappa shape index (κ2) is 5.83. The molecule has 1 atom stereocenters. The molecule has 1 heterocycles. The zero-order valence-corrected chi connectivity index (χ0v) is 11.1. The van der Waals surface area contributed by atoms with Gasteiger partial charge in [0.05, 0.1) is 0 Å². The molecule has 0 saturated heterocycles. The average Bonchev–Trinajstić information content (AvgIpc) is 2.78. The Morgan fingerprint density at radius 2 is 2.00 bits per heavy atom. The minimum Gasteiger partial charge on any atom is -0.335 e. The fraction of sp³-hybridized carbons (Fsp3) is 0.400. The summed E-state index contributed by atoms with van der Waals surface area (Å²) < 4.78 is 2.22. The van der Waals surface area contributed by atoms with Crippen LogP contribution in [0, 0.1) is 0 Å². The van der Waals surface area contributed by atoms with Crippen molar-refractivity contribution in [1.29, 1.82) is 0 Å². The number of benzene rings is 1. The maximum atomic E-state index is 5.85. The van der Waals surface area contributed by atoms with Gasteiger partial charge >= 0.3 is 0 Å². The van der Waals surface area contributed by atoms with Crippen molar-refractivity contribution in [1.82, 2.24) is 9.55 Å². The average molecular weight is 243 g/mol. The summed E-state index contributed by atoms with van der Waals surface area (Å²) in [4.78, 5) is 4.43. The quantitative estimate of drug-likeness (QED) is 0.877. The molecule has 0 amide bonds. The molecule has 0 spiro atoms. The Kier molecular flexibility index (Phi) is 4.15. The van der Waals surface area contributed by atoms with Crippen LogP contribution >= 0.6 is 0 Å². The lowest BCUT2D eigenvalue weighted by Gasteiger charge is -2.08. The number of imidazole rings is 1. The first-order valence-electron chi connectivity index (χ1n) is 6.55.